The molecule has 0 aromatic carbocycles. The maximum Gasteiger partial charge on any atom is 0.318 e. The Balaban J connectivity index is 2.36. The molecule has 0 spiro atoms. The average Bonchev–Trinajstić information content (AvgIpc) is 2.19. The highest BCUT2D eigenvalue weighted by Crippen LogP contribution is 1.97. The lowest BCUT2D eigenvalue weighted by Gasteiger charge is -2.27. The van der Waals surface area contributed by atoms with Crippen molar-refractivity contribution in [3.63, 3.8) is 0 Å². The molecule has 3 N–H and O–H groups in total. The second kappa shape index (κ2) is 4.80. The van der Waals surface area contributed by atoms with E-state index >= 15 is 0 Å². The van der Waals surface area contributed by atoms with E-state index in [2.05, 4.69) is 5.32 Å². The summed E-state index contributed by atoms with van der Waals surface area (Å²) in [5.41, 5.74) is 5.02. The number of ether oxygens (including phenoxy) is 1. The van der Waals surface area contributed by atoms with Crippen LogP contribution in [0.3, 0.4) is 0 Å². The van der Waals surface area contributed by atoms with Crippen LogP contribution < -0.4 is 11.1 Å². The van der Waals surface area contributed by atoms with Gasteiger partial charge < -0.3 is 20.7 Å². The highest BCUT2D eigenvalue weighted by Gasteiger charge is 2.19. The summed E-state index contributed by atoms with van der Waals surface area (Å²) in [4.78, 5) is 23.7. The summed E-state index contributed by atoms with van der Waals surface area (Å²) in [6.07, 6.45) is 0. The molecule has 1 saturated heterocycles. The third kappa shape index (κ3) is 2.88. The number of amides is 3. The van der Waals surface area contributed by atoms with Crippen molar-refractivity contribution >= 4 is 11.9 Å². The maximum atomic E-state index is 11.5. The molecule has 0 aromatic heterocycles. The van der Waals surface area contributed by atoms with Gasteiger partial charge in [0.2, 0.25) is 5.91 Å². The molecule has 1 aliphatic heterocycles. The minimum absolute atomic E-state index is 0.264. The SMILES string of the molecule is CC(NC(=O)N1CCOCC1)C(N)=O. The highest BCUT2D eigenvalue weighted by molar-refractivity contribution is 5.85. The lowest BCUT2D eigenvalue weighted by Crippen LogP contribution is -2.51. The summed E-state index contributed by atoms with van der Waals surface area (Å²) in [6, 6.07) is -0.898. The van der Waals surface area contributed by atoms with Gasteiger partial charge in [-0.2, -0.15) is 0 Å². The smallest absolute Gasteiger partial charge is 0.318 e. The van der Waals surface area contributed by atoms with Crippen molar-refractivity contribution in [1.29, 1.82) is 0 Å². The molecular weight excluding hydrogens is 186 g/mol. The molecule has 0 bridgehead atoms. The van der Waals surface area contributed by atoms with E-state index in [1.54, 1.807) is 11.8 Å². The minimum atomic E-state index is -0.634. The van der Waals surface area contributed by atoms with Crippen LogP contribution in [0.15, 0.2) is 0 Å². The molecule has 1 fully saturated rings. The van der Waals surface area contributed by atoms with Crippen molar-refractivity contribution in [1.82, 2.24) is 10.2 Å². The Kier molecular flexibility index (Phi) is 3.70. The second-order valence-corrected chi connectivity index (χ2v) is 3.17. The number of carbonyl (C=O) groups is 2. The number of nitrogens with two attached hydrogens (primary N) is 1. The highest BCUT2D eigenvalue weighted by atomic mass is 16.5. The Hall–Kier alpha value is -1.30. The number of rotatable bonds is 2. The van der Waals surface area contributed by atoms with Gasteiger partial charge in [-0.05, 0) is 6.92 Å². The van der Waals surface area contributed by atoms with E-state index in [0.717, 1.165) is 0 Å². The first kappa shape index (κ1) is 10.8. The first-order chi connectivity index (χ1) is 6.61. The quantitative estimate of drug-likeness (QED) is 0.595. The van der Waals surface area contributed by atoms with Crippen molar-refractivity contribution in [2.45, 2.75) is 13.0 Å². The molecular formula is C8H15N3O3. The zero-order chi connectivity index (χ0) is 10.6. The summed E-state index contributed by atoms with van der Waals surface area (Å²) < 4.78 is 5.09. The Morgan fingerprint density at radius 2 is 2.00 bits per heavy atom. The molecule has 0 aromatic rings. The van der Waals surface area contributed by atoms with E-state index in [4.69, 9.17) is 10.5 Å². The van der Waals surface area contributed by atoms with E-state index in [9.17, 15) is 9.59 Å². The lowest BCUT2D eigenvalue weighted by atomic mass is 10.3. The molecule has 1 unspecified atom stereocenters. The molecule has 1 rings (SSSR count). The number of morpholine rings is 1. The van der Waals surface area contributed by atoms with Crippen molar-refractivity contribution in [3.8, 4) is 0 Å². The van der Waals surface area contributed by atoms with Crippen LogP contribution in [-0.2, 0) is 9.53 Å². The molecule has 0 aliphatic carbocycles. The molecule has 80 valence electrons. The fraction of sp³-hybridized carbons (Fsp3) is 0.750. The van der Waals surface area contributed by atoms with Crippen molar-refractivity contribution in [3.05, 3.63) is 0 Å². The topological polar surface area (TPSA) is 84.7 Å². The summed E-state index contributed by atoms with van der Waals surface area (Å²) in [7, 11) is 0. The van der Waals surface area contributed by atoms with Gasteiger partial charge in [0.15, 0.2) is 0 Å². The molecule has 6 nitrogen and oxygen atoms in total. The third-order valence-electron chi connectivity index (χ3n) is 2.07. The van der Waals surface area contributed by atoms with Gasteiger partial charge in [-0.1, -0.05) is 0 Å². The predicted molar refractivity (Wildman–Crippen MR) is 49.6 cm³/mol. The number of nitrogens with one attached hydrogen (secondary N) is 1. The maximum absolute atomic E-state index is 11.5. The number of nitrogens with zero attached hydrogens (tertiary/aromatic N) is 1. The zero-order valence-electron chi connectivity index (χ0n) is 8.16. The van der Waals surface area contributed by atoms with Crippen molar-refractivity contribution in [2.24, 2.45) is 5.73 Å². The van der Waals surface area contributed by atoms with Gasteiger partial charge in [-0.3, -0.25) is 4.79 Å². The molecule has 14 heavy (non-hydrogen) atoms. The van der Waals surface area contributed by atoms with Gasteiger partial charge in [0.25, 0.3) is 0 Å². The van der Waals surface area contributed by atoms with Crippen LogP contribution in [-0.4, -0.2) is 49.2 Å². The lowest BCUT2D eigenvalue weighted by molar-refractivity contribution is -0.119. The average molecular weight is 201 g/mol. The molecule has 0 saturated carbocycles. The van der Waals surface area contributed by atoms with Crippen LogP contribution in [0.25, 0.3) is 0 Å². The van der Waals surface area contributed by atoms with Crippen LogP contribution in [0.5, 0.6) is 0 Å². The predicted octanol–water partition coefficient (Wildman–Crippen LogP) is -1.10. The van der Waals surface area contributed by atoms with Crippen LogP contribution in [0, 0.1) is 0 Å². The monoisotopic (exact) mass is 201 g/mol. The summed E-state index contributed by atoms with van der Waals surface area (Å²) >= 11 is 0. The van der Waals surface area contributed by atoms with Gasteiger partial charge in [0, 0.05) is 13.1 Å². The van der Waals surface area contributed by atoms with Crippen LogP contribution in [0.2, 0.25) is 0 Å². The second-order valence-electron chi connectivity index (χ2n) is 3.17. The Bertz CT molecular complexity index is 226. The Labute approximate surface area is 82.4 Å². The first-order valence-corrected chi connectivity index (χ1v) is 4.54. The number of primary amides is 1. The minimum Gasteiger partial charge on any atom is -0.378 e. The standard InChI is InChI=1S/C8H15N3O3/c1-6(7(9)12)10-8(13)11-2-4-14-5-3-11/h6H,2-5H2,1H3,(H2,9,12)(H,10,13). The third-order valence-corrected chi connectivity index (χ3v) is 2.07. The molecule has 6 heteroatoms. The van der Waals surface area contributed by atoms with Crippen LogP contribution in [0.4, 0.5) is 4.79 Å². The summed E-state index contributed by atoms with van der Waals surface area (Å²) in [5, 5.41) is 2.51. The molecule has 3 amide bonds. The number of hydrogen-bond donors (Lipinski definition) is 2. The molecule has 0 radical (unpaired) electrons. The summed E-state index contributed by atoms with van der Waals surface area (Å²) in [5.74, 6) is -0.536. The first-order valence-electron chi connectivity index (χ1n) is 4.54. The van der Waals surface area contributed by atoms with E-state index in [-0.39, 0.29) is 6.03 Å². The molecule has 1 heterocycles. The summed E-state index contributed by atoms with van der Waals surface area (Å²) in [6.45, 7) is 3.74. The van der Waals surface area contributed by atoms with E-state index in [0.29, 0.717) is 26.3 Å². The van der Waals surface area contributed by atoms with Crippen molar-refractivity contribution in [2.75, 3.05) is 26.3 Å². The normalized spacial score (nSPS) is 18.8. The van der Waals surface area contributed by atoms with Gasteiger partial charge in [0.05, 0.1) is 13.2 Å². The Morgan fingerprint density at radius 3 is 2.50 bits per heavy atom. The van der Waals surface area contributed by atoms with Gasteiger partial charge in [-0.25, -0.2) is 4.79 Å². The van der Waals surface area contributed by atoms with Crippen LogP contribution in [0.1, 0.15) is 6.92 Å². The van der Waals surface area contributed by atoms with E-state index in [1.807, 2.05) is 0 Å². The fourth-order valence-electron chi connectivity index (χ4n) is 1.11. The Morgan fingerprint density at radius 1 is 1.43 bits per heavy atom. The fourth-order valence-corrected chi connectivity index (χ4v) is 1.11. The van der Waals surface area contributed by atoms with Gasteiger partial charge in [0.1, 0.15) is 6.04 Å². The molecule has 1 aliphatic rings. The van der Waals surface area contributed by atoms with Crippen molar-refractivity contribution < 1.29 is 14.3 Å². The van der Waals surface area contributed by atoms with Gasteiger partial charge >= 0.3 is 6.03 Å². The number of carbonyl (C=O) groups excluding carboxylic acids is 2. The number of hydrogen-bond acceptors (Lipinski definition) is 3. The zero-order valence-corrected chi connectivity index (χ0v) is 8.16. The largest absolute Gasteiger partial charge is 0.378 e. The van der Waals surface area contributed by atoms with E-state index < -0.39 is 11.9 Å². The number of urea groups is 1. The van der Waals surface area contributed by atoms with Gasteiger partial charge in [-0.15, -0.1) is 0 Å². The van der Waals surface area contributed by atoms with E-state index in [1.165, 1.54) is 0 Å². The molecule has 1 atom stereocenters. The van der Waals surface area contributed by atoms with Crippen LogP contribution >= 0.6 is 0 Å².